The van der Waals surface area contributed by atoms with Gasteiger partial charge in [0.25, 0.3) is 5.56 Å². The zero-order chi connectivity index (χ0) is 21.9. The second-order valence-electron chi connectivity index (χ2n) is 6.80. The third-order valence-electron chi connectivity index (χ3n) is 4.84. The number of halogens is 3. The largest absolute Gasteiger partial charge is 0.418 e. The molecule has 3 rings (SSSR count). The molecule has 2 N–H and O–H groups in total. The highest BCUT2D eigenvalue weighted by molar-refractivity contribution is 5.95. The van der Waals surface area contributed by atoms with Crippen LogP contribution in [-0.4, -0.2) is 33.4 Å². The lowest BCUT2D eigenvalue weighted by Crippen LogP contribution is -2.42. The number of H-pyrrole nitrogens is 1. The van der Waals surface area contributed by atoms with Gasteiger partial charge >= 0.3 is 6.18 Å². The number of alkyl halides is 3. The second kappa shape index (κ2) is 8.66. The zero-order valence-electron chi connectivity index (χ0n) is 16.5. The Kier molecular flexibility index (Phi) is 6.21. The predicted octanol–water partition coefficient (Wildman–Crippen LogP) is 3.79. The minimum absolute atomic E-state index is 0.159. The molecule has 0 spiro atoms. The van der Waals surface area contributed by atoms with Crippen LogP contribution in [0.1, 0.15) is 25.2 Å². The van der Waals surface area contributed by atoms with Gasteiger partial charge in [-0.15, -0.1) is 0 Å². The third-order valence-corrected chi connectivity index (χ3v) is 4.84. The zero-order valence-corrected chi connectivity index (χ0v) is 16.5. The van der Waals surface area contributed by atoms with Crippen molar-refractivity contribution >= 4 is 22.5 Å². The minimum atomic E-state index is -4.58. The first-order chi connectivity index (χ1) is 14.2. The molecule has 0 aliphatic rings. The van der Waals surface area contributed by atoms with Crippen molar-refractivity contribution in [2.24, 2.45) is 0 Å². The average molecular weight is 418 g/mol. The highest BCUT2D eigenvalue weighted by atomic mass is 19.4. The quantitative estimate of drug-likeness (QED) is 0.639. The summed E-state index contributed by atoms with van der Waals surface area (Å²) < 4.78 is 39.5. The number of aromatic amines is 1. The molecule has 158 valence electrons. The number of rotatable bonds is 6. The van der Waals surface area contributed by atoms with E-state index < -0.39 is 23.7 Å². The van der Waals surface area contributed by atoms with Gasteiger partial charge < -0.3 is 10.3 Å². The number of fused-ring (bicyclic) bond motifs is 1. The van der Waals surface area contributed by atoms with E-state index in [-0.39, 0.29) is 17.8 Å². The Bertz CT molecular complexity index is 1110. The molecule has 1 amide bonds. The highest BCUT2D eigenvalue weighted by Crippen LogP contribution is 2.34. The lowest BCUT2D eigenvalue weighted by molar-refractivity contribution is -0.137. The van der Waals surface area contributed by atoms with E-state index in [4.69, 9.17) is 0 Å². The van der Waals surface area contributed by atoms with Crippen LogP contribution in [-0.2, 0) is 17.5 Å². The molecular formula is C21H21F3N4O2. The summed E-state index contributed by atoms with van der Waals surface area (Å²) in [5, 5.41) is 2.82. The van der Waals surface area contributed by atoms with Gasteiger partial charge in [0, 0.05) is 0 Å². The molecule has 0 radical (unpaired) electrons. The summed E-state index contributed by atoms with van der Waals surface area (Å²) in [6.45, 7) is 3.99. The Hall–Kier alpha value is -3.20. The Morgan fingerprint density at radius 1 is 1.17 bits per heavy atom. The van der Waals surface area contributed by atoms with Gasteiger partial charge in [0.1, 0.15) is 5.82 Å². The van der Waals surface area contributed by atoms with Crippen molar-refractivity contribution in [2.45, 2.75) is 32.6 Å². The van der Waals surface area contributed by atoms with Crippen molar-refractivity contribution in [2.75, 3.05) is 11.9 Å². The predicted molar refractivity (Wildman–Crippen MR) is 108 cm³/mol. The van der Waals surface area contributed by atoms with Crippen LogP contribution in [0.3, 0.4) is 0 Å². The van der Waals surface area contributed by atoms with E-state index in [9.17, 15) is 22.8 Å². The molecule has 3 aromatic rings. The Morgan fingerprint density at radius 2 is 1.83 bits per heavy atom. The van der Waals surface area contributed by atoms with Gasteiger partial charge in [-0.2, -0.15) is 13.2 Å². The molecule has 6 nitrogen and oxygen atoms in total. The summed E-state index contributed by atoms with van der Waals surface area (Å²) in [7, 11) is 0. The van der Waals surface area contributed by atoms with Crippen LogP contribution in [0.5, 0.6) is 0 Å². The standard InChI is InChI=1S/C21H21F3N4O2/c1-3-28(12-18-25-16-10-6-4-8-14(16)20(30)27-18)13(2)19(29)26-17-11-7-5-9-15(17)21(22,23)24/h4-11,13H,3,12H2,1-2H3,(H,26,29)(H,25,27,30). The minimum Gasteiger partial charge on any atom is -0.324 e. The monoisotopic (exact) mass is 418 g/mol. The molecule has 1 unspecified atom stereocenters. The van der Waals surface area contributed by atoms with Gasteiger partial charge in [-0.05, 0) is 37.7 Å². The number of nitrogens with zero attached hydrogens (tertiary/aromatic N) is 2. The average Bonchev–Trinajstić information content (AvgIpc) is 2.71. The second-order valence-corrected chi connectivity index (χ2v) is 6.80. The molecule has 1 aromatic heterocycles. The number of benzene rings is 2. The van der Waals surface area contributed by atoms with E-state index in [0.717, 1.165) is 6.07 Å². The molecule has 0 bridgehead atoms. The summed E-state index contributed by atoms with van der Waals surface area (Å²) in [4.78, 5) is 33.7. The van der Waals surface area contributed by atoms with Crippen LogP contribution in [0.15, 0.2) is 53.3 Å². The van der Waals surface area contributed by atoms with E-state index in [0.29, 0.717) is 23.3 Å². The Morgan fingerprint density at radius 3 is 2.53 bits per heavy atom. The summed E-state index contributed by atoms with van der Waals surface area (Å²) in [5.41, 5.74) is -0.962. The van der Waals surface area contributed by atoms with Gasteiger partial charge in [0.2, 0.25) is 5.91 Å². The number of hydrogen-bond donors (Lipinski definition) is 2. The van der Waals surface area contributed by atoms with E-state index in [1.165, 1.54) is 18.2 Å². The first-order valence-electron chi connectivity index (χ1n) is 9.39. The van der Waals surface area contributed by atoms with E-state index >= 15 is 0 Å². The van der Waals surface area contributed by atoms with Gasteiger partial charge in [0.15, 0.2) is 0 Å². The lowest BCUT2D eigenvalue weighted by Gasteiger charge is -2.27. The van der Waals surface area contributed by atoms with Crippen molar-refractivity contribution in [3.63, 3.8) is 0 Å². The number of anilines is 1. The van der Waals surface area contributed by atoms with Crippen molar-refractivity contribution in [1.29, 1.82) is 0 Å². The first-order valence-corrected chi connectivity index (χ1v) is 9.39. The van der Waals surface area contributed by atoms with Gasteiger partial charge in [0.05, 0.1) is 34.7 Å². The van der Waals surface area contributed by atoms with Crippen molar-refractivity contribution in [3.8, 4) is 0 Å². The summed E-state index contributed by atoms with van der Waals surface area (Å²) in [6, 6.07) is 11.0. The fourth-order valence-electron chi connectivity index (χ4n) is 3.17. The van der Waals surface area contributed by atoms with Crippen molar-refractivity contribution in [1.82, 2.24) is 14.9 Å². The molecule has 1 heterocycles. The normalized spacial score (nSPS) is 12.9. The molecule has 9 heteroatoms. The van der Waals surface area contributed by atoms with E-state index in [1.54, 1.807) is 36.1 Å². The molecule has 1 atom stereocenters. The summed E-state index contributed by atoms with van der Waals surface area (Å²) >= 11 is 0. The molecule has 0 saturated heterocycles. The summed E-state index contributed by atoms with van der Waals surface area (Å²) in [5.74, 6) is -0.215. The third kappa shape index (κ3) is 4.68. The number of para-hydroxylation sites is 2. The fourth-order valence-corrected chi connectivity index (χ4v) is 3.17. The van der Waals surface area contributed by atoms with Crippen LogP contribution in [0.2, 0.25) is 0 Å². The van der Waals surface area contributed by atoms with Crippen LogP contribution in [0.4, 0.5) is 18.9 Å². The number of nitrogens with one attached hydrogen (secondary N) is 2. The number of amides is 1. The first kappa shape index (κ1) is 21.5. The molecule has 0 saturated carbocycles. The van der Waals surface area contributed by atoms with Gasteiger partial charge in [-0.25, -0.2) is 4.98 Å². The molecule has 0 fully saturated rings. The maximum absolute atomic E-state index is 13.2. The van der Waals surface area contributed by atoms with Gasteiger partial charge in [-0.3, -0.25) is 14.5 Å². The number of likely N-dealkylation sites (N-methyl/N-ethyl adjacent to an activating group) is 1. The molecule has 0 aliphatic carbocycles. The number of hydrogen-bond acceptors (Lipinski definition) is 4. The molecule has 2 aromatic carbocycles. The van der Waals surface area contributed by atoms with Crippen LogP contribution < -0.4 is 10.9 Å². The molecule has 30 heavy (non-hydrogen) atoms. The maximum Gasteiger partial charge on any atom is 0.418 e. The fraction of sp³-hybridized carbons (Fsp3) is 0.286. The van der Waals surface area contributed by atoms with Gasteiger partial charge in [-0.1, -0.05) is 31.2 Å². The van der Waals surface area contributed by atoms with E-state index in [2.05, 4.69) is 15.3 Å². The van der Waals surface area contributed by atoms with Crippen LogP contribution in [0.25, 0.3) is 10.9 Å². The number of carbonyl (C=O) groups is 1. The molecular weight excluding hydrogens is 397 g/mol. The summed E-state index contributed by atoms with van der Waals surface area (Å²) in [6.07, 6.45) is -4.58. The SMILES string of the molecule is CCN(Cc1nc2ccccc2c(=O)[nH]1)C(C)C(=O)Nc1ccccc1C(F)(F)F. The maximum atomic E-state index is 13.2. The molecule has 0 aliphatic heterocycles. The highest BCUT2D eigenvalue weighted by Gasteiger charge is 2.34. The topological polar surface area (TPSA) is 78.1 Å². The lowest BCUT2D eigenvalue weighted by atomic mass is 10.1. The van der Waals surface area contributed by atoms with Crippen LogP contribution >= 0.6 is 0 Å². The van der Waals surface area contributed by atoms with Crippen molar-refractivity contribution in [3.05, 3.63) is 70.3 Å². The van der Waals surface area contributed by atoms with E-state index in [1.807, 2.05) is 6.92 Å². The smallest absolute Gasteiger partial charge is 0.324 e. The Balaban J connectivity index is 1.79. The number of aromatic nitrogens is 2. The Labute approximate surface area is 170 Å². The van der Waals surface area contributed by atoms with Crippen LogP contribution in [0, 0.1) is 0 Å². The van der Waals surface area contributed by atoms with Crippen molar-refractivity contribution < 1.29 is 18.0 Å². The number of carbonyl (C=O) groups excluding carboxylic acids is 1.